The summed E-state index contributed by atoms with van der Waals surface area (Å²) in [5.74, 6) is 0.700. The van der Waals surface area contributed by atoms with Gasteiger partial charge in [-0.1, -0.05) is 30.7 Å². The van der Waals surface area contributed by atoms with Gasteiger partial charge in [0.2, 0.25) is 0 Å². The van der Waals surface area contributed by atoms with Crippen LogP contribution in [0.25, 0.3) is 0 Å². The minimum Gasteiger partial charge on any atom is -0.368 e. The summed E-state index contributed by atoms with van der Waals surface area (Å²) in [7, 11) is 0. The zero-order valence-corrected chi connectivity index (χ0v) is 19.3. The van der Waals surface area contributed by atoms with Gasteiger partial charge < -0.3 is 19.9 Å². The largest absolute Gasteiger partial charge is 0.368 e. The van der Waals surface area contributed by atoms with Crippen LogP contribution < -0.4 is 10.6 Å². The van der Waals surface area contributed by atoms with E-state index in [0.717, 1.165) is 36.7 Å². The first-order valence-corrected chi connectivity index (χ1v) is 12.7. The second-order valence-corrected chi connectivity index (χ2v) is 9.12. The van der Waals surface area contributed by atoms with Gasteiger partial charge in [0.05, 0.1) is 0 Å². The van der Waals surface area contributed by atoms with E-state index in [0.29, 0.717) is 30.4 Å². The quantitative estimate of drug-likeness (QED) is 0.441. The molecule has 2 fully saturated rings. The van der Waals surface area contributed by atoms with Gasteiger partial charge >= 0.3 is 0 Å². The Morgan fingerprint density at radius 3 is 2.78 bits per heavy atom. The molecule has 1 aromatic heterocycles. The number of hydrogen-bond acceptors (Lipinski definition) is 6. The van der Waals surface area contributed by atoms with Crippen LogP contribution in [0, 0.1) is 0 Å². The van der Waals surface area contributed by atoms with Gasteiger partial charge in [-0.2, -0.15) is 0 Å². The molecule has 2 aromatic rings. The Labute approximate surface area is 192 Å². The van der Waals surface area contributed by atoms with Gasteiger partial charge in [-0.3, -0.25) is 9.59 Å². The number of benzene rings is 1. The van der Waals surface area contributed by atoms with Crippen molar-refractivity contribution in [1.29, 1.82) is 0 Å². The summed E-state index contributed by atoms with van der Waals surface area (Å²) < 4.78 is 7.72. The highest BCUT2D eigenvalue weighted by molar-refractivity contribution is 7.98. The Kier molecular flexibility index (Phi) is 7.81. The number of aromatic nitrogens is 3. The number of nitrogens with zero attached hydrogens (tertiary/aromatic N) is 3. The van der Waals surface area contributed by atoms with E-state index in [9.17, 15) is 9.59 Å². The molecular weight excluding hydrogens is 426 g/mol. The Hall–Kier alpha value is -2.39. The molecule has 0 radical (unpaired) electrons. The van der Waals surface area contributed by atoms with Gasteiger partial charge in [-0.15, -0.1) is 10.2 Å². The molecule has 9 heteroatoms. The van der Waals surface area contributed by atoms with Crippen LogP contribution in [-0.4, -0.2) is 52.1 Å². The number of hydrogen-bond donors (Lipinski definition) is 2. The Bertz CT molecular complexity index is 935. The van der Waals surface area contributed by atoms with Gasteiger partial charge in [0.25, 0.3) is 11.8 Å². The topological polar surface area (TPSA) is 98.1 Å². The molecule has 8 nitrogen and oxygen atoms in total. The number of amides is 2. The van der Waals surface area contributed by atoms with Crippen LogP contribution in [0.3, 0.4) is 0 Å². The first-order valence-electron chi connectivity index (χ1n) is 11.4. The number of thioether (sulfide) groups is 1. The molecule has 2 heterocycles. The average molecular weight is 458 g/mol. The van der Waals surface area contributed by atoms with E-state index in [1.165, 1.54) is 25.7 Å². The van der Waals surface area contributed by atoms with Crippen molar-refractivity contribution in [1.82, 2.24) is 20.1 Å². The third-order valence-electron chi connectivity index (χ3n) is 6.08. The minimum atomic E-state index is -0.398. The Morgan fingerprint density at radius 2 is 2.03 bits per heavy atom. The molecule has 2 N–H and O–H groups in total. The van der Waals surface area contributed by atoms with Gasteiger partial charge in [0.1, 0.15) is 11.9 Å². The van der Waals surface area contributed by atoms with Crippen LogP contribution in [0.4, 0.5) is 5.69 Å². The first kappa shape index (κ1) is 22.8. The molecule has 1 atom stereocenters. The number of carbonyl (C=O) groups excluding carboxylic acids is 2. The lowest BCUT2D eigenvalue weighted by molar-refractivity contribution is -0.124. The summed E-state index contributed by atoms with van der Waals surface area (Å²) in [5.41, 5.74) is 1.13. The zero-order chi connectivity index (χ0) is 22.3. The van der Waals surface area contributed by atoms with Crippen LogP contribution in [-0.2, 0) is 16.0 Å². The van der Waals surface area contributed by atoms with E-state index in [2.05, 4.69) is 25.4 Å². The number of carbonyl (C=O) groups is 2. The van der Waals surface area contributed by atoms with Crippen LogP contribution in [0.15, 0.2) is 29.4 Å². The van der Waals surface area contributed by atoms with Crippen molar-refractivity contribution in [3.63, 3.8) is 0 Å². The fourth-order valence-electron chi connectivity index (χ4n) is 4.44. The van der Waals surface area contributed by atoms with Gasteiger partial charge in [0.15, 0.2) is 5.16 Å². The van der Waals surface area contributed by atoms with Crippen molar-refractivity contribution < 1.29 is 14.3 Å². The van der Waals surface area contributed by atoms with E-state index >= 15 is 0 Å². The second kappa shape index (κ2) is 11.0. The molecule has 2 amide bonds. The highest BCUT2D eigenvalue weighted by atomic mass is 32.2. The van der Waals surface area contributed by atoms with Crippen molar-refractivity contribution >= 4 is 29.3 Å². The van der Waals surface area contributed by atoms with Crippen LogP contribution in [0.2, 0.25) is 0 Å². The monoisotopic (exact) mass is 457 g/mol. The Balaban J connectivity index is 1.27. The highest BCUT2D eigenvalue weighted by Gasteiger charge is 2.24. The average Bonchev–Trinajstić information content (AvgIpc) is 3.58. The van der Waals surface area contributed by atoms with Crippen LogP contribution in [0.1, 0.15) is 67.2 Å². The minimum absolute atomic E-state index is 0.153. The van der Waals surface area contributed by atoms with E-state index < -0.39 is 6.10 Å². The summed E-state index contributed by atoms with van der Waals surface area (Å²) >= 11 is 1.64. The normalized spacial score (nSPS) is 18.7. The summed E-state index contributed by atoms with van der Waals surface area (Å²) in [5, 5.41) is 15.6. The maximum Gasteiger partial charge on any atom is 0.253 e. The van der Waals surface area contributed by atoms with Gasteiger partial charge in [0, 0.05) is 36.9 Å². The van der Waals surface area contributed by atoms with E-state index in [4.69, 9.17) is 4.74 Å². The smallest absolute Gasteiger partial charge is 0.253 e. The molecule has 1 aliphatic carbocycles. The number of ether oxygens (including phenoxy) is 1. The summed E-state index contributed by atoms with van der Waals surface area (Å²) in [4.78, 5) is 24.8. The molecule has 172 valence electrons. The lowest BCUT2D eigenvalue weighted by Gasteiger charge is -2.16. The standard InChI is InChI=1S/C23H31N5O3S/c1-32-23-27-26-20(28(23)18-9-2-3-10-18)12-5-13-24-21(29)16-7-4-8-17(15-16)25-22(30)19-11-6-14-31-19/h4,7-8,15,18-19H,2-3,5-6,9-14H2,1H3,(H,24,29)(H,25,30). The zero-order valence-electron chi connectivity index (χ0n) is 18.5. The molecule has 2 aliphatic rings. The van der Waals surface area contributed by atoms with Crippen molar-refractivity contribution in [2.24, 2.45) is 0 Å². The molecule has 1 saturated carbocycles. The predicted molar refractivity (Wildman–Crippen MR) is 124 cm³/mol. The molecule has 1 aromatic carbocycles. The van der Waals surface area contributed by atoms with Crippen molar-refractivity contribution in [2.45, 2.75) is 68.7 Å². The van der Waals surface area contributed by atoms with Crippen molar-refractivity contribution in [3.05, 3.63) is 35.7 Å². The molecular formula is C23H31N5O3S. The summed E-state index contributed by atoms with van der Waals surface area (Å²) in [6, 6.07) is 7.50. The van der Waals surface area contributed by atoms with E-state index in [1.807, 2.05) is 6.26 Å². The predicted octanol–water partition coefficient (Wildman–Crippen LogP) is 3.60. The molecule has 1 saturated heterocycles. The lowest BCUT2D eigenvalue weighted by Crippen LogP contribution is -2.27. The molecule has 0 spiro atoms. The fraction of sp³-hybridized carbons (Fsp3) is 0.565. The van der Waals surface area contributed by atoms with Crippen molar-refractivity contribution in [3.8, 4) is 0 Å². The molecule has 1 unspecified atom stereocenters. The summed E-state index contributed by atoms with van der Waals surface area (Å²) in [6.45, 7) is 1.17. The third kappa shape index (κ3) is 5.50. The van der Waals surface area contributed by atoms with E-state index in [-0.39, 0.29) is 11.8 Å². The highest BCUT2D eigenvalue weighted by Crippen LogP contribution is 2.33. The van der Waals surface area contributed by atoms with Gasteiger partial charge in [-0.05, 0) is 56.6 Å². The first-order chi connectivity index (χ1) is 15.7. The lowest BCUT2D eigenvalue weighted by atomic mass is 10.1. The number of nitrogens with one attached hydrogen (secondary N) is 2. The number of rotatable bonds is 9. The van der Waals surface area contributed by atoms with Crippen LogP contribution >= 0.6 is 11.8 Å². The SMILES string of the molecule is CSc1nnc(CCCNC(=O)c2cccc(NC(=O)C3CCCO3)c2)n1C1CCCC1. The molecule has 4 rings (SSSR count). The number of anilines is 1. The molecule has 32 heavy (non-hydrogen) atoms. The number of aryl methyl sites for hydroxylation is 1. The summed E-state index contributed by atoms with van der Waals surface area (Å²) in [6.07, 6.45) is 9.75. The fourth-order valence-corrected chi connectivity index (χ4v) is 5.02. The van der Waals surface area contributed by atoms with Crippen LogP contribution in [0.5, 0.6) is 0 Å². The second-order valence-electron chi connectivity index (χ2n) is 8.34. The Morgan fingerprint density at radius 1 is 1.19 bits per heavy atom. The van der Waals surface area contributed by atoms with Gasteiger partial charge in [-0.25, -0.2) is 0 Å². The third-order valence-corrected chi connectivity index (χ3v) is 6.73. The molecule has 1 aliphatic heterocycles. The maximum absolute atomic E-state index is 12.6. The molecule has 0 bridgehead atoms. The maximum atomic E-state index is 12.6. The van der Waals surface area contributed by atoms with E-state index in [1.54, 1.807) is 36.0 Å². The van der Waals surface area contributed by atoms with Crippen molar-refractivity contribution in [2.75, 3.05) is 24.7 Å².